The monoisotopic (exact) mass is 361 g/mol. The number of nitrogens with zero attached hydrogens (tertiary/aromatic N) is 1. The molecule has 1 aromatic rings. The van der Waals surface area contributed by atoms with Gasteiger partial charge in [0, 0.05) is 30.9 Å². The first-order valence-corrected chi connectivity index (χ1v) is 9.95. The lowest BCUT2D eigenvalue weighted by Gasteiger charge is -2.48. The largest absolute Gasteiger partial charge is 0.379 e. The smallest absolute Gasteiger partial charge is 0.170 e. The van der Waals surface area contributed by atoms with Gasteiger partial charge in [-0.1, -0.05) is 25.3 Å². The molecule has 25 heavy (non-hydrogen) atoms. The van der Waals surface area contributed by atoms with Gasteiger partial charge in [-0.3, -0.25) is 4.90 Å². The van der Waals surface area contributed by atoms with Crippen LogP contribution in [0.1, 0.15) is 43.2 Å². The second-order valence-electron chi connectivity index (χ2n) is 7.49. The van der Waals surface area contributed by atoms with Gasteiger partial charge in [0.15, 0.2) is 5.11 Å². The molecular weight excluding hydrogens is 330 g/mol. The summed E-state index contributed by atoms with van der Waals surface area (Å²) in [5, 5.41) is 7.58. The maximum Gasteiger partial charge on any atom is 0.170 e. The van der Waals surface area contributed by atoms with Crippen LogP contribution >= 0.6 is 12.2 Å². The number of anilines is 1. The average Bonchev–Trinajstić information content (AvgIpc) is 2.65. The Morgan fingerprint density at radius 3 is 2.52 bits per heavy atom. The molecule has 138 valence electrons. The average molecular weight is 362 g/mol. The number of hydrogen-bond acceptors (Lipinski definition) is 3. The van der Waals surface area contributed by atoms with Crippen molar-refractivity contribution in [1.29, 1.82) is 0 Å². The van der Waals surface area contributed by atoms with Gasteiger partial charge >= 0.3 is 0 Å². The zero-order valence-corrected chi connectivity index (χ0v) is 16.4. The molecule has 1 aliphatic carbocycles. The molecule has 1 saturated heterocycles. The third-order valence-corrected chi connectivity index (χ3v) is 6.06. The summed E-state index contributed by atoms with van der Waals surface area (Å²) in [6, 6.07) is 6.38. The predicted molar refractivity (Wildman–Crippen MR) is 108 cm³/mol. The predicted octanol–water partition coefficient (Wildman–Crippen LogP) is 3.62. The van der Waals surface area contributed by atoms with Crippen LogP contribution in [0.2, 0.25) is 0 Å². The van der Waals surface area contributed by atoms with E-state index in [2.05, 4.69) is 47.6 Å². The van der Waals surface area contributed by atoms with Gasteiger partial charge in [-0.2, -0.15) is 0 Å². The number of benzene rings is 1. The van der Waals surface area contributed by atoms with Crippen LogP contribution in [0.3, 0.4) is 0 Å². The van der Waals surface area contributed by atoms with E-state index in [9.17, 15) is 0 Å². The summed E-state index contributed by atoms with van der Waals surface area (Å²) in [5.41, 5.74) is 3.88. The summed E-state index contributed by atoms with van der Waals surface area (Å²) in [6.45, 7) is 8.97. The lowest BCUT2D eigenvalue weighted by atomic mass is 9.80. The SMILES string of the molecule is Cc1ccc(NC(=S)NCC2(N3CCOCC3)CCCCC2)cc1C. The Bertz CT molecular complexity index is 593. The second-order valence-corrected chi connectivity index (χ2v) is 7.90. The molecule has 0 aromatic heterocycles. The van der Waals surface area contributed by atoms with Gasteiger partial charge in [-0.25, -0.2) is 0 Å². The topological polar surface area (TPSA) is 36.5 Å². The van der Waals surface area contributed by atoms with Gasteiger partial charge in [0.25, 0.3) is 0 Å². The Balaban J connectivity index is 1.60. The Morgan fingerprint density at radius 2 is 1.84 bits per heavy atom. The number of ether oxygens (including phenoxy) is 1. The Morgan fingerprint density at radius 1 is 1.12 bits per heavy atom. The standard InChI is InChI=1S/C20H31N3OS/c1-16-6-7-18(14-17(16)2)22-19(25)21-15-20(8-4-3-5-9-20)23-10-12-24-13-11-23/h6-7,14H,3-5,8-13,15H2,1-2H3,(H2,21,22,25). The van der Waals surface area contributed by atoms with Crippen molar-refractivity contribution in [2.45, 2.75) is 51.5 Å². The van der Waals surface area contributed by atoms with Crippen LogP contribution in [0.25, 0.3) is 0 Å². The maximum absolute atomic E-state index is 5.57. The molecule has 1 aliphatic heterocycles. The molecule has 2 fully saturated rings. The molecule has 3 rings (SSSR count). The van der Waals surface area contributed by atoms with Crippen molar-refractivity contribution < 1.29 is 4.74 Å². The van der Waals surface area contributed by atoms with Gasteiger partial charge in [0.05, 0.1) is 13.2 Å². The highest BCUT2D eigenvalue weighted by Crippen LogP contribution is 2.33. The normalized spacial score (nSPS) is 20.9. The fourth-order valence-electron chi connectivity index (χ4n) is 4.09. The molecule has 0 radical (unpaired) electrons. The van der Waals surface area contributed by atoms with Crippen LogP contribution in [0.15, 0.2) is 18.2 Å². The van der Waals surface area contributed by atoms with E-state index >= 15 is 0 Å². The van der Waals surface area contributed by atoms with Crippen molar-refractivity contribution >= 4 is 23.0 Å². The number of hydrogen-bond donors (Lipinski definition) is 2. The summed E-state index contributed by atoms with van der Waals surface area (Å²) in [6.07, 6.45) is 6.50. The Kier molecular flexibility index (Phi) is 6.31. The molecule has 5 heteroatoms. The first-order valence-electron chi connectivity index (χ1n) is 9.54. The summed E-state index contributed by atoms with van der Waals surface area (Å²) in [4.78, 5) is 2.64. The number of morpholine rings is 1. The molecule has 0 spiro atoms. The third-order valence-electron chi connectivity index (χ3n) is 5.81. The molecule has 1 heterocycles. The van der Waals surface area contributed by atoms with Crippen molar-refractivity contribution in [3.63, 3.8) is 0 Å². The fraction of sp³-hybridized carbons (Fsp3) is 0.650. The molecule has 0 bridgehead atoms. The second kappa shape index (κ2) is 8.47. The number of rotatable bonds is 4. The quantitative estimate of drug-likeness (QED) is 0.801. The summed E-state index contributed by atoms with van der Waals surface area (Å²) in [7, 11) is 0. The van der Waals surface area contributed by atoms with E-state index in [4.69, 9.17) is 17.0 Å². The Labute approximate surface area is 157 Å². The molecule has 1 saturated carbocycles. The van der Waals surface area contributed by atoms with E-state index in [1.165, 1.54) is 43.2 Å². The van der Waals surface area contributed by atoms with E-state index in [0.717, 1.165) is 43.6 Å². The van der Waals surface area contributed by atoms with Crippen molar-refractivity contribution in [2.24, 2.45) is 0 Å². The van der Waals surface area contributed by atoms with Gasteiger partial charge in [-0.05, 0) is 62.2 Å². The van der Waals surface area contributed by atoms with E-state index in [1.807, 2.05) is 0 Å². The fourth-order valence-corrected chi connectivity index (χ4v) is 4.28. The zero-order chi connectivity index (χ0) is 17.7. The lowest BCUT2D eigenvalue weighted by molar-refractivity contribution is -0.0351. The molecular formula is C20H31N3OS. The van der Waals surface area contributed by atoms with Crippen LogP contribution in [0.4, 0.5) is 5.69 Å². The van der Waals surface area contributed by atoms with E-state index in [0.29, 0.717) is 0 Å². The molecule has 4 nitrogen and oxygen atoms in total. The van der Waals surface area contributed by atoms with Crippen molar-refractivity contribution in [1.82, 2.24) is 10.2 Å². The van der Waals surface area contributed by atoms with Gasteiger partial charge in [0.2, 0.25) is 0 Å². The van der Waals surface area contributed by atoms with Crippen LogP contribution in [0, 0.1) is 13.8 Å². The summed E-state index contributed by atoms with van der Waals surface area (Å²) < 4.78 is 5.56. The molecule has 2 aliphatic rings. The van der Waals surface area contributed by atoms with Crippen LogP contribution in [-0.2, 0) is 4.74 Å². The molecule has 0 amide bonds. The maximum atomic E-state index is 5.57. The molecule has 1 aromatic carbocycles. The lowest BCUT2D eigenvalue weighted by Crippen LogP contribution is -2.60. The van der Waals surface area contributed by atoms with Crippen LogP contribution in [-0.4, -0.2) is 48.4 Å². The first-order chi connectivity index (χ1) is 12.1. The number of nitrogens with one attached hydrogen (secondary N) is 2. The minimum atomic E-state index is 0.233. The highest BCUT2D eigenvalue weighted by molar-refractivity contribution is 7.80. The summed E-state index contributed by atoms with van der Waals surface area (Å²) >= 11 is 5.57. The van der Waals surface area contributed by atoms with Gasteiger partial charge in [-0.15, -0.1) is 0 Å². The van der Waals surface area contributed by atoms with Crippen molar-refractivity contribution in [3.05, 3.63) is 29.3 Å². The number of aryl methyl sites for hydroxylation is 2. The first kappa shape index (κ1) is 18.6. The van der Waals surface area contributed by atoms with Gasteiger partial charge in [0.1, 0.15) is 0 Å². The van der Waals surface area contributed by atoms with Crippen LogP contribution in [0.5, 0.6) is 0 Å². The summed E-state index contributed by atoms with van der Waals surface area (Å²) in [5.74, 6) is 0. The van der Waals surface area contributed by atoms with Crippen molar-refractivity contribution in [2.75, 3.05) is 38.2 Å². The minimum absolute atomic E-state index is 0.233. The Hall–Kier alpha value is -1.17. The van der Waals surface area contributed by atoms with Crippen LogP contribution < -0.4 is 10.6 Å². The van der Waals surface area contributed by atoms with E-state index < -0.39 is 0 Å². The minimum Gasteiger partial charge on any atom is -0.379 e. The molecule has 0 atom stereocenters. The van der Waals surface area contributed by atoms with Crippen molar-refractivity contribution in [3.8, 4) is 0 Å². The van der Waals surface area contributed by atoms with E-state index in [-0.39, 0.29) is 5.54 Å². The zero-order valence-electron chi connectivity index (χ0n) is 15.6. The van der Waals surface area contributed by atoms with Gasteiger partial charge < -0.3 is 15.4 Å². The molecule has 0 unspecified atom stereocenters. The highest BCUT2D eigenvalue weighted by Gasteiger charge is 2.38. The third kappa shape index (κ3) is 4.72. The number of thiocarbonyl (C=S) groups is 1. The molecule has 2 N–H and O–H groups in total. The van der Waals surface area contributed by atoms with E-state index in [1.54, 1.807) is 0 Å². The highest BCUT2D eigenvalue weighted by atomic mass is 32.1.